The number of esters is 4. The van der Waals surface area contributed by atoms with Crippen molar-refractivity contribution in [2.45, 2.75) is 109 Å². The molecule has 0 aromatic carbocycles. The lowest BCUT2D eigenvalue weighted by atomic mass is 9.47. The normalized spacial score (nSPS) is 39.0. The lowest BCUT2D eigenvalue weighted by Crippen LogP contribution is -2.71. The Morgan fingerprint density at radius 1 is 1.20 bits per heavy atom. The van der Waals surface area contributed by atoms with E-state index in [9.17, 15) is 34.2 Å². The first-order chi connectivity index (χ1) is 23.9. The number of hydrogen-bond donors (Lipinski definition) is 2. The second-order valence-corrected chi connectivity index (χ2v) is 15.0. The lowest BCUT2D eigenvalue weighted by molar-refractivity contribution is -0.243. The van der Waals surface area contributed by atoms with E-state index in [0.717, 1.165) is 0 Å². The Labute approximate surface area is 297 Å². The molecule has 0 spiro atoms. The predicted octanol–water partition coefficient (Wildman–Crippen LogP) is 3.87. The molecule has 2 aliphatic carbocycles. The Kier molecular flexibility index (Phi) is 10.2. The number of fused-ring (bicyclic) bond motifs is 2. The molecule has 1 aromatic rings. The summed E-state index contributed by atoms with van der Waals surface area (Å²) < 4.78 is 34.9. The van der Waals surface area contributed by atoms with E-state index in [1.807, 2.05) is 0 Å². The molecule has 0 bridgehead atoms. The fourth-order valence-corrected chi connectivity index (χ4v) is 9.07. The first-order valence-electron chi connectivity index (χ1n) is 17.3. The third-order valence-electron chi connectivity index (χ3n) is 12.3. The van der Waals surface area contributed by atoms with Crippen LogP contribution >= 0.6 is 0 Å². The van der Waals surface area contributed by atoms with Crippen LogP contribution in [-0.4, -0.2) is 82.8 Å². The molecule has 1 aromatic heterocycles. The molecule has 5 rings (SSSR count). The molecule has 51 heavy (non-hydrogen) atoms. The highest BCUT2D eigenvalue weighted by Crippen LogP contribution is 2.69. The van der Waals surface area contributed by atoms with Crippen LogP contribution in [0.3, 0.4) is 0 Å². The van der Waals surface area contributed by atoms with Gasteiger partial charge in [0.25, 0.3) is 6.47 Å². The van der Waals surface area contributed by atoms with Crippen LogP contribution < -0.4 is 0 Å². The van der Waals surface area contributed by atoms with Crippen molar-refractivity contribution in [3.8, 4) is 0 Å². The van der Waals surface area contributed by atoms with Gasteiger partial charge in [-0.15, -0.1) is 0 Å². The summed E-state index contributed by atoms with van der Waals surface area (Å²) in [6.07, 6.45) is 1.59. The van der Waals surface area contributed by atoms with E-state index < -0.39 is 94.0 Å². The van der Waals surface area contributed by atoms with E-state index in [4.69, 9.17) is 28.1 Å². The van der Waals surface area contributed by atoms with Crippen LogP contribution in [-0.2, 0) is 47.7 Å². The zero-order valence-corrected chi connectivity index (χ0v) is 30.1. The Morgan fingerprint density at radius 2 is 1.90 bits per heavy atom. The molecule has 2 N–H and O–H groups in total. The second kappa shape index (κ2) is 13.7. The summed E-state index contributed by atoms with van der Waals surface area (Å²) in [7, 11) is 0. The van der Waals surface area contributed by atoms with Crippen molar-refractivity contribution in [1.29, 1.82) is 0 Å². The summed E-state index contributed by atoms with van der Waals surface area (Å²) in [6.45, 7) is 16.0. The van der Waals surface area contributed by atoms with E-state index in [1.54, 1.807) is 60.6 Å². The largest absolute Gasteiger partial charge is 0.472 e. The third kappa shape index (κ3) is 5.91. The van der Waals surface area contributed by atoms with Gasteiger partial charge in [-0.2, -0.15) is 0 Å². The van der Waals surface area contributed by atoms with Crippen LogP contribution in [0.1, 0.15) is 79.2 Å². The van der Waals surface area contributed by atoms with Crippen molar-refractivity contribution in [3.05, 3.63) is 60.1 Å². The number of aliphatic hydroxyl groups excluding tert-OH is 1. The Morgan fingerprint density at radius 3 is 2.51 bits per heavy atom. The van der Waals surface area contributed by atoms with Gasteiger partial charge in [-0.05, 0) is 50.3 Å². The lowest BCUT2D eigenvalue weighted by Gasteiger charge is -2.61. The second-order valence-electron chi connectivity index (χ2n) is 15.0. The SMILES string of the molecule is C=C1C([C@@]2(C)C=CC(=O)O[C@]3(C)COC(=O)C[C@@H]32)[C@@H](OC=O)[C@H](OC(=O)[C@H](O)[C@H](C)CC)[C@@]2(C)[C@H](c3ccoc3)CC(OC(=O)/C(C)=C/C)[C@]12O. The van der Waals surface area contributed by atoms with Gasteiger partial charge in [0.15, 0.2) is 6.10 Å². The van der Waals surface area contributed by atoms with Crippen molar-refractivity contribution in [2.75, 3.05) is 6.61 Å². The Balaban J connectivity index is 1.80. The molecule has 13 nitrogen and oxygen atoms in total. The number of ether oxygens (including phenoxy) is 5. The van der Waals surface area contributed by atoms with Crippen LogP contribution in [0.2, 0.25) is 0 Å². The van der Waals surface area contributed by atoms with Crippen molar-refractivity contribution >= 4 is 30.3 Å². The molecule has 3 heterocycles. The molecule has 0 radical (unpaired) electrons. The van der Waals surface area contributed by atoms with Gasteiger partial charge in [-0.25, -0.2) is 14.4 Å². The van der Waals surface area contributed by atoms with Gasteiger partial charge in [-0.3, -0.25) is 9.59 Å². The molecule has 12 atom stereocenters. The topological polar surface area (TPSA) is 185 Å². The van der Waals surface area contributed by atoms with Crippen molar-refractivity contribution in [2.24, 2.45) is 28.6 Å². The van der Waals surface area contributed by atoms with Gasteiger partial charge in [-0.1, -0.05) is 52.8 Å². The zero-order chi connectivity index (χ0) is 37.7. The quantitative estimate of drug-likeness (QED) is 0.117. The van der Waals surface area contributed by atoms with Crippen molar-refractivity contribution in [3.63, 3.8) is 0 Å². The minimum Gasteiger partial charge on any atom is -0.472 e. The number of furan rings is 1. The van der Waals surface area contributed by atoms with E-state index in [2.05, 4.69) is 6.58 Å². The minimum atomic E-state index is -2.21. The van der Waals surface area contributed by atoms with Crippen LogP contribution in [0.15, 0.2) is 59.0 Å². The summed E-state index contributed by atoms with van der Waals surface area (Å²) in [6, 6.07) is 1.67. The van der Waals surface area contributed by atoms with E-state index in [-0.39, 0.29) is 37.1 Å². The fraction of sp³-hybridized carbons (Fsp3) is 0.605. The van der Waals surface area contributed by atoms with E-state index >= 15 is 0 Å². The first kappa shape index (κ1) is 38.0. The number of cyclic esters (lactones) is 1. The average molecular weight is 713 g/mol. The van der Waals surface area contributed by atoms with Crippen LogP contribution in [0, 0.1) is 28.6 Å². The number of carbonyl (C=O) groups excluding carboxylic acids is 5. The highest BCUT2D eigenvalue weighted by molar-refractivity contribution is 5.88. The van der Waals surface area contributed by atoms with E-state index in [0.29, 0.717) is 12.0 Å². The van der Waals surface area contributed by atoms with E-state index in [1.165, 1.54) is 24.7 Å². The summed E-state index contributed by atoms with van der Waals surface area (Å²) >= 11 is 0. The standard InChI is InChI=1S/C38H48O13/c1-9-20(3)30(42)34(44)50-32-31(48-19-39)29(35(6)13-11-27(40)51-36(7)18-47-28(41)16-25(35)36)22(5)38(45)26(49-33(43)21(4)10-2)15-24(37(32,38)8)23-12-14-46-17-23/h10-14,17,19-20,24-26,29-32,42,45H,5,9,15-16,18H2,1-4,6-8H3/b21-10+/t20-,24+,25-,26?,29?,30-,31-,32+,35+,36-,37-,38-/m1/s1. The van der Waals surface area contributed by atoms with Gasteiger partial charge in [0.1, 0.15) is 36.1 Å². The Hall–Kier alpha value is -4.23. The maximum Gasteiger partial charge on any atom is 0.335 e. The maximum atomic E-state index is 13.9. The molecule has 2 saturated carbocycles. The molecule has 4 aliphatic rings. The highest BCUT2D eigenvalue weighted by Gasteiger charge is 2.77. The molecule has 0 amide bonds. The number of rotatable bonds is 10. The first-order valence-corrected chi connectivity index (χ1v) is 17.3. The third-order valence-corrected chi connectivity index (χ3v) is 12.3. The number of hydrogen-bond acceptors (Lipinski definition) is 13. The van der Waals surface area contributed by atoms with Crippen molar-refractivity contribution < 1.29 is 62.3 Å². The smallest absolute Gasteiger partial charge is 0.335 e. The van der Waals surface area contributed by atoms with Crippen LogP contribution in [0.4, 0.5) is 0 Å². The van der Waals surface area contributed by atoms with Gasteiger partial charge < -0.3 is 38.3 Å². The minimum absolute atomic E-state index is 0.00158. The molecule has 278 valence electrons. The highest BCUT2D eigenvalue weighted by atomic mass is 16.6. The summed E-state index contributed by atoms with van der Waals surface area (Å²) in [5.74, 6) is -6.31. The van der Waals surface area contributed by atoms with Gasteiger partial charge in [0, 0.05) is 34.8 Å². The van der Waals surface area contributed by atoms with Crippen LogP contribution in [0.5, 0.6) is 0 Å². The summed E-state index contributed by atoms with van der Waals surface area (Å²) in [5, 5.41) is 24.5. The van der Waals surface area contributed by atoms with Crippen molar-refractivity contribution in [1.82, 2.24) is 0 Å². The number of aliphatic hydroxyl groups is 2. The molecule has 2 aliphatic heterocycles. The van der Waals surface area contributed by atoms with Gasteiger partial charge in [0.2, 0.25) is 0 Å². The molecule has 13 heteroatoms. The molecule has 2 unspecified atom stereocenters. The maximum absolute atomic E-state index is 13.9. The zero-order valence-electron chi connectivity index (χ0n) is 30.1. The molecular weight excluding hydrogens is 664 g/mol. The summed E-state index contributed by atoms with van der Waals surface area (Å²) in [4.78, 5) is 65.7. The molecule has 1 saturated heterocycles. The number of allylic oxidation sites excluding steroid dienone is 2. The Bertz CT molecular complexity index is 1630. The van der Waals surface area contributed by atoms with Gasteiger partial charge in [0.05, 0.1) is 24.4 Å². The van der Waals surface area contributed by atoms with Gasteiger partial charge >= 0.3 is 23.9 Å². The average Bonchev–Trinajstić information content (AvgIpc) is 3.69. The van der Waals surface area contributed by atoms with Crippen LogP contribution in [0.25, 0.3) is 0 Å². The monoisotopic (exact) mass is 712 g/mol. The fourth-order valence-electron chi connectivity index (χ4n) is 9.07. The predicted molar refractivity (Wildman–Crippen MR) is 178 cm³/mol. The number of carbonyl (C=O) groups is 5. The molecular formula is C38H48O13. The molecule has 3 fully saturated rings. The summed E-state index contributed by atoms with van der Waals surface area (Å²) in [5.41, 5.74) is -5.72.